The van der Waals surface area contributed by atoms with Crippen LogP contribution in [0.3, 0.4) is 0 Å². The van der Waals surface area contributed by atoms with Gasteiger partial charge in [-0.2, -0.15) is 0 Å². The lowest BCUT2D eigenvalue weighted by atomic mass is 9.78. The Morgan fingerprint density at radius 1 is 0.759 bits per heavy atom. The first kappa shape index (κ1) is 17.7. The monoisotopic (exact) mass is 384 g/mol. The van der Waals surface area contributed by atoms with Crippen molar-refractivity contribution in [3.8, 4) is 0 Å². The highest BCUT2D eigenvalue weighted by Gasteiger charge is 2.35. The van der Waals surface area contributed by atoms with E-state index in [-0.39, 0.29) is 23.6 Å². The second kappa shape index (κ2) is 7.21. The number of ketones is 1. The van der Waals surface area contributed by atoms with Gasteiger partial charge in [-0.15, -0.1) is 0 Å². The predicted octanol–water partition coefficient (Wildman–Crippen LogP) is 5.81. The molecular weight excluding hydrogens is 363 g/mol. The van der Waals surface area contributed by atoms with Crippen LogP contribution in [-0.2, 0) is 4.79 Å². The fourth-order valence-corrected chi connectivity index (χ4v) is 4.36. The first-order chi connectivity index (χ1) is 14.2. The molecule has 0 aromatic heterocycles. The second-order valence-corrected chi connectivity index (χ2v) is 7.63. The number of Topliss-reactive ketones (excluding diaryl/α,β-unsaturated/α-hetero) is 1. The molecule has 0 radical (unpaired) electrons. The van der Waals surface area contributed by atoms with E-state index >= 15 is 0 Å². The third kappa shape index (κ3) is 3.31. The summed E-state index contributed by atoms with van der Waals surface area (Å²) in [5.41, 5.74) is 5.63. The van der Waals surface area contributed by atoms with E-state index in [4.69, 9.17) is 0 Å². The molecule has 1 heterocycles. The fraction of sp³-hybridized carbons (Fsp3) is 0.160. The number of para-hydroxylation sites is 2. The van der Waals surface area contributed by atoms with Crippen molar-refractivity contribution in [3.63, 3.8) is 0 Å². The lowest BCUT2D eigenvalue weighted by Gasteiger charge is -2.30. The maximum Gasteiger partial charge on any atom is 0.163 e. The van der Waals surface area contributed by atoms with Crippen LogP contribution in [0.1, 0.15) is 35.9 Å². The SMILES string of the molecule is O=C1C[C@H](c2ccccc2)CC2=C1[C@@H](c1ccc(F)cc1)Nc1ccccc1N2. The number of nitrogens with one attached hydrogen (secondary N) is 2. The molecule has 2 N–H and O–H groups in total. The van der Waals surface area contributed by atoms with Gasteiger partial charge in [-0.1, -0.05) is 54.6 Å². The lowest BCUT2D eigenvalue weighted by molar-refractivity contribution is -0.116. The molecule has 3 nitrogen and oxygen atoms in total. The Labute approximate surface area is 169 Å². The Balaban J connectivity index is 1.61. The van der Waals surface area contributed by atoms with E-state index in [1.165, 1.54) is 17.7 Å². The van der Waals surface area contributed by atoms with Crippen LogP contribution in [0.4, 0.5) is 15.8 Å². The van der Waals surface area contributed by atoms with Crippen molar-refractivity contribution >= 4 is 17.2 Å². The van der Waals surface area contributed by atoms with Gasteiger partial charge in [-0.3, -0.25) is 4.79 Å². The summed E-state index contributed by atoms with van der Waals surface area (Å²) >= 11 is 0. The van der Waals surface area contributed by atoms with Crippen LogP contribution in [0, 0.1) is 5.82 Å². The molecule has 4 heteroatoms. The molecule has 0 amide bonds. The van der Waals surface area contributed by atoms with Crippen LogP contribution in [0.5, 0.6) is 0 Å². The van der Waals surface area contributed by atoms with Crippen molar-refractivity contribution in [2.24, 2.45) is 0 Å². The minimum atomic E-state index is -0.314. The van der Waals surface area contributed by atoms with Crippen molar-refractivity contribution in [1.29, 1.82) is 0 Å². The molecule has 1 aliphatic carbocycles. The molecule has 1 aliphatic heterocycles. The molecule has 0 unspecified atom stereocenters. The smallest absolute Gasteiger partial charge is 0.163 e. The average molecular weight is 384 g/mol. The summed E-state index contributed by atoms with van der Waals surface area (Å²) < 4.78 is 13.5. The largest absolute Gasteiger partial charge is 0.372 e. The van der Waals surface area contributed by atoms with Crippen LogP contribution in [0.15, 0.2) is 90.1 Å². The molecule has 2 aliphatic rings. The maximum absolute atomic E-state index is 13.5. The molecule has 2 atom stereocenters. The Morgan fingerprint density at radius 2 is 1.45 bits per heavy atom. The van der Waals surface area contributed by atoms with Gasteiger partial charge in [-0.05, 0) is 47.7 Å². The molecule has 0 spiro atoms. The Kier molecular flexibility index (Phi) is 4.39. The van der Waals surface area contributed by atoms with Gasteiger partial charge in [0, 0.05) is 17.7 Å². The molecule has 29 heavy (non-hydrogen) atoms. The fourth-order valence-electron chi connectivity index (χ4n) is 4.36. The van der Waals surface area contributed by atoms with E-state index in [1.807, 2.05) is 42.5 Å². The van der Waals surface area contributed by atoms with E-state index in [9.17, 15) is 9.18 Å². The van der Waals surface area contributed by atoms with Crippen molar-refractivity contribution in [2.75, 3.05) is 10.6 Å². The number of halogens is 1. The number of fused-ring (bicyclic) bond motifs is 1. The first-order valence-corrected chi connectivity index (χ1v) is 9.88. The van der Waals surface area contributed by atoms with E-state index < -0.39 is 0 Å². The molecule has 5 rings (SSSR count). The van der Waals surface area contributed by atoms with E-state index in [2.05, 4.69) is 22.8 Å². The molecule has 3 aromatic carbocycles. The minimum absolute atomic E-state index is 0.127. The number of carbonyl (C=O) groups excluding carboxylic acids is 1. The van der Waals surface area contributed by atoms with Crippen molar-refractivity contribution in [3.05, 3.63) is 107 Å². The van der Waals surface area contributed by atoms with Crippen LogP contribution in [-0.4, -0.2) is 5.78 Å². The predicted molar refractivity (Wildman–Crippen MR) is 113 cm³/mol. The van der Waals surface area contributed by atoms with Gasteiger partial charge in [0.05, 0.1) is 17.4 Å². The van der Waals surface area contributed by atoms with Crippen LogP contribution < -0.4 is 10.6 Å². The number of carbonyl (C=O) groups is 1. The molecule has 0 saturated carbocycles. The van der Waals surface area contributed by atoms with Crippen molar-refractivity contribution in [1.82, 2.24) is 0 Å². The maximum atomic E-state index is 13.5. The molecule has 144 valence electrons. The molecule has 0 bridgehead atoms. The summed E-state index contributed by atoms with van der Waals surface area (Å²) in [5, 5.41) is 7.04. The number of anilines is 2. The van der Waals surface area contributed by atoms with Crippen molar-refractivity contribution in [2.45, 2.75) is 24.8 Å². The van der Waals surface area contributed by atoms with Gasteiger partial charge in [0.2, 0.25) is 0 Å². The van der Waals surface area contributed by atoms with Gasteiger partial charge in [0.1, 0.15) is 5.82 Å². The van der Waals surface area contributed by atoms with Crippen LogP contribution >= 0.6 is 0 Å². The van der Waals surface area contributed by atoms with Gasteiger partial charge in [-0.25, -0.2) is 4.39 Å². The second-order valence-electron chi connectivity index (χ2n) is 7.63. The first-order valence-electron chi connectivity index (χ1n) is 9.88. The third-order valence-corrected chi connectivity index (χ3v) is 5.78. The number of benzene rings is 3. The molecule has 3 aromatic rings. The standard InChI is InChI=1S/C25H21FN2O/c26-19-12-10-17(11-13-19)25-24-22(27-20-8-4-5-9-21(20)28-25)14-18(15-23(24)29)16-6-2-1-3-7-16/h1-13,18,25,27-28H,14-15H2/t18-,25-/m1/s1. The summed E-state index contributed by atoms with van der Waals surface area (Å²) in [4.78, 5) is 13.4. The third-order valence-electron chi connectivity index (χ3n) is 5.78. The van der Waals surface area contributed by atoms with E-state index in [1.54, 1.807) is 12.1 Å². The average Bonchev–Trinajstić information content (AvgIpc) is 2.92. The van der Waals surface area contributed by atoms with Gasteiger partial charge < -0.3 is 10.6 Å². The molecule has 0 saturated heterocycles. The number of hydrogen-bond donors (Lipinski definition) is 2. The van der Waals surface area contributed by atoms with Crippen LogP contribution in [0.25, 0.3) is 0 Å². The zero-order valence-electron chi connectivity index (χ0n) is 15.9. The number of allylic oxidation sites excluding steroid dienone is 1. The summed E-state index contributed by atoms with van der Waals surface area (Å²) in [6.07, 6.45) is 1.24. The highest BCUT2D eigenvalue weighted by Crippen LogP contribution is 2.44. The Bertz CT molecular complexity index is 1090. The summed E-state index contributed by atoms with van der Waals surface area (Å²) in [6, 6.07) is 24.2. The Morgan fingerprint density at radius 3 is 2.21 bits per heavy atom. The minimum Gasteiger partial charge on any atom is -0.372 e. The molecule has 0 fully saturated rings. The van der Waals surface area contributed by atoms with Gasteiger partial charge >= 0.3 is 0 Å². The van der Waals surface area contributed by atoms with Gasteiger partial charge in [0.15, 0.2) is 5.78 Å². The highest BCUT2D eigenvalue weighted by atomic mass is 19.1. The van der Waals surface area contributed by atoms with Gasteiger partial charge in [0.25, 0.3) is 0 Å². The summed E-state index contributed by atoms with van der Waals surface area (Å²) in [6.45, 7) is 0. The van der Waals surface area contributed by atoms with Crippen molar-refractivity contribution < 1.29 is 9.18 Å². The normalized spacial score (nSPS) is 20.8. The molecular formula is C25H21FN2O. The lowest BCUT2D eigenvalue weighted by Crippen LogP contribution is -2.26. The zero-order chi connectivity index (χ0) is 19.8. The zero-order valence-corrected chi connectivity index (χ0v) is 15.9. The topological polar surface area (TPSA) is 41.1 Å². The van der Waals surface area contributed by atoms with E-state index in [0.717, 1.165) is 34.6 Å². The quantitative estimate of drug-likeness (QED) is 0.586. The van der Waals surface area contributed by atoms with Crippen LogP contribution in [0.2, 0.25) is 0 Å². The highest BCUT2D eigenvalue weighted by molar-refractivity contribution is 6.01. The Hall–Kier alpha value is -3.40. The number of hydrogen-bond acceptors (Lipinski definition) is 3. The van der Waals surface area contributed by atoms with E-state index in [0.29, 0.717) is 6.42 Å². The number of rotatable bonds is 2. The summed E-state index contributed by atoms with van der Waals surface area (Å²) in [7, 11) is 0. The summed E-state index contributed by atoms with van der Waals surface area (Å²) in [5.74, 6) is -0.00877.